The zero-order valence-corrected chi connectivity index (χ0v) is 10.2. The molecule has 2 nitrogen and oxygen atoms in total. The molecular formula is C13H19ClN2. The molecule has 1 heterocycles. The van der Waals surface area contributed by atoms with Crippen molar-refractivity contribution < 1.29 is 0 Å². The number of likely N-dealkylation sites (tertiary alicyclic amines) is 1. The van der Waals surface area contributed by atoms with E-state index in [1.165, 1.54) is 5.56 Å². The number of nitrogens with zero attached hydrogens (tertiary/aromatic N) is 1. The van der Waals surface area contributed by atoms with Gasteiger partial charge in [-0.2, -0.15) is 0 Å². The van der Waals surface area contributed by atoms with E-state index in [0.29, 0.717) is 11.8 Å². The van der Waals surface area contributed by atoms with Crippen molar-refractivity contribution in [3.63, 3.8) is 0 Å². The van der Waals surface area contributed by atoms with Crippen molar-refractivity contribution in [3.8, 4) is 0 Å². The predicted octanol–water partition coefficient (Wildman–Crippen LogP) is 2.07. The lowest BCUT2D eigenvalue weighted by molar-refractivity contribution is 0.159. The fourth-order valence-electron chi connectivity index (χ4n) is 2.27. The van der Waals surface area contributed by atoms with Crippen LogP contribution < -0.4 is 5.73 Å². The molecule has 1 aliphatic heterocycles. The van der Waals surface area contributed by atoms with Crippen molar-refractivity contribution in [2.45, 2.75) is 19.0 Å². The zero-order valence-electron chi connectivity index (χ0n) is 9.48. The second-order valence-corrected chi connectivity index (χ2v) is 4.90. The van der Waals surface area contributed by atoms with E-state index in [0.717, 1.165) is 26.1 Å². The van der Waals surface area contributed by atoms with Crippen LogP contribution in [0.5, 0.6) is 0 Å². The van der Waals surface area contributed by atoms with Crippen LogP contribution in [-0.4, -0.2) is 29.9 Å². The third kappa shape index (κ3) is 2.97. The topological polar surface area (TPSA) is 29.3 Å². The lowest BCUT2D eigenvalue weighted by Crippen LogP contribution is -2.47. The molecular weight excluding hydrogens is 220 g/mol. The maximum absolute atomic E-state index is 6.03. The minimum Gasteiger partial charge on any atom is -0.327 e. The van der Waals surface area contributed by atoms with Gasteiger partial charge >= 0.3 is 0 Å². The van der Waals surface area contributed by atoms with Crippen molar-refractivity contribution in [3.05, 3.63) is 35.9 Å². The number of hydrogen-bond donors (Lipinski definition) is 1. The van der Waals surface area contributed by atoms with E-state index < -0.39 is 0 Å². The quantitative estimate of drug-likeness (QED) is 0.817. The molecule has 1 fully saturated rings. The summed E-state index contributed by atoms with van der Waals surface area (Å²) in [7, 11) is 0. The second kappa shape index (κ2) is 5.67. The Morgan fingerprint density at radius 3 is 2.75 bits per heavy atom. The van der Waals surface area contributed by atoms with Gasteiger partial charge in [0.15, 0.2) is 0 Å². The Labute approximate surface area is 102 Å². The first-order valence-corrected chi connectivity index (χ1v) is 6.41. The first kappa shape index (κ1) is 11.9. The van der Waals surface area contributed by atoms with E-state index >= 15 is 0 Å². The summed E-state index contributed by atoms with van der Waals surface area (Å²) < 4.78 is 0. The molecule has 88 valence electrons. The maximum Gasteiger partial charge on any atom is 0.0278 e. The Morgan fingerprint density at radius 1 is 1.31 bits per heavy atom. The molecule has 2 rings (SSSR count). The Kier molecular flexibility index (Phi) is 4.22. The summed E-state index contributed by atoms with van der Waals surface area (Å²) in [6.07, 6.45) is 1.06. The van der Waals surface area contributed by atoms with Crippen LogP contribution in [0.2, 0.25) is 0 Å². The summed E-state index contributed by atoms with van der Waals surface area (Å²) in [5, 5.41) is 0. The molecule has 0 bridgehead atoms. The van der Waals surface area contributed by atoms with Crippen LogP contribution in [-0.2, 0) is 6.54 Å². The molecule has 0 aromatic heterocycles. The van der Waals surface area contributed by atoms with Gasteiger partial charge in [0.2, 0.25) is 0 Å². The third-order valence-electron chi connectivity index (χ3n) is 3.32. The Balaban J connectivity index is 1.92. The molecule has 1 saturated heterocycles. The molecule has 1 aromatic rings. The highest BCUT2D eigenvalue weighted by Gasteiger charge is 2.25. The standard InChI is InChI=1S/C13H19ClN2/c14-8-12-10-16(7-6-13(12)15)9-11-4-2-1-3-5-11/h1-5,12-13H,6-10,15H2. The van der Waals surface area contributed by atoms with Gasteiger partial charge in [-0.15, -0.1) is 11.6 Å². The minimum absolute atomic E-state index is 0.282. The number of piperidine rings is 1. The van der Waals surface area contributed by atoms with Gasteiger partial charge in [-0.25, -0.2) is 0 Å². The SMILES string of the molecule is NC1CCN(Cc2ccccc2)CC1CCl. The number of halogens is 1. The number of alkyl halides is 1. The summed E-state index contributed by atoms with van der Waals surface area (Å²) >= 11 is 5.94. The van der Waals surface area contributed by atoms with Crippen LogP contribution in [0.15, 0.2) is 30.3 Å². The Hall–Kier alpha value is -0.570. The predicted molar refractivity (Wildman–Crippen MR) is 68.5 cm³/mol. The monoisotopic (exact) mass is 238 g/mol. The van der Waals surface area contributed by atoms with Crippen LogP contribution in [0.1, 0.15) is 12.0 Å². The minimum atomic E-state index is 0.282. The van der Waals surface area contributed by atoms with E-state index in [2.05, 4.69) is 35.2 Å². The highest BCUT2D eigenvalue weighted by Crippen LogP contribution is 2.18. The van der Waals surface area contributed by atoms with Crippen LogP contribution in [0.3, 0.4) is 0 Å². The van der Waals surface area contributed by atoms with Crippen molar-refractivity contribution in [2.75, 3.05) is 19.0 Å². The second-order valence-electron chi connectivity index (χ2n) is 4.59. The zero-order chi connectivity index (χ0) is 11.4. The Morgan fingerprint density at radius 2 is 2.06 bits per heavy atom. The summed E-state index contributed by atoms with van der Waals surface area (Å²) in [6.45, 7) is 3.13. The fraction of sp³-hybridized carbons (Fsp3) is 0.538. The van der Waals surface area contributed by atoms with Crippen LogP contribution >= 0.6 is 11.6 Å². The molecule has 2 N–H and O–H groups in total. The lowest BCUT2D eigenvalue weighted by Gasteiger charge is -2.36. The molecule has 1 aromatic carbocycles. The number of nitrogens with two attached hydrogens (primary N) is 1. The van der Waals surface area contributed by atoms with Gasteiger partial charge in [0, 0.05) is 30.9 Å². The number of hydrogen-bond acceptors (Lipinski definition) is 2. The van der Waals surface area contributed by atoms with Crippen LogP contribution in [0.4, 0.5) is 0 Å². The smallest absolute Gasteiger partial charge is 0.0278 e. The normalized spacial score (nSPS) is 26.9. The maximum atomic E-state index is 6.03. The van der Waals surface area contributed by atoms with Crippen molar-refractivity contribution in [2.24, 2.45) is 11.7 Å². The molecule has 0 amide bonds. The van der Waals surface area contributed by atoms with Crippen molar-refractivity contribution >= 4 is 11.6 Å². The average molecular weight is 239 g/mol. The largest absolute Gasteiger partial charge is 0.327 e. The molecule has 0 radical (unpaired) electrons. The molecule has 2 unspecified atom stereocenters. The lowest BCUT2D eigenvalue weighted by atomic mass is 9.94. The van der Waals surface area contributed by atoms with E-state index in [4.69, 9.17) is 17.3 Å². The van der Waals surface area contributed by atoms with Gasteiger partial charge in [-0.1, -0.05) is 30.3 Å². The summed E-state index contributed by atoms with van der Waals surface area (Å²) in [4.78, 5) is 2.45. The fourth-order valence-corrected chi connectivity index (χ4v) is 2.60. The molecule has 2 atom stereocenters. The summed E-state index contributed by atoms with van der Waals surface area (Å²) in [6, 6.07) is 10.9. The third-order valence-corrected chi connectivity index (χ3v) is 3.72. The van der Waals surface area contributed by atoms with E-state index in [1.54, 1.807) is 0 Å². The van der Waals surface area contributed by atoms with Gasteiger partial charge in [0.1, 0.15) is 0 Å². The van der Waals surface area contributed by atoms with Crippen molar-refractivity contribution in [1.82, 2.24) is 4.90 Å². The molecule has 0 aliphatic carbocycles. The van der Waals surface area contributed by atoms with Gasteiger partial charge in [-0.3, -0.25) is 4.90 Å². The van der Waals surface area contributed by atoms with Gasteiger partial charge in [0.05, 0.1) is 0 Å². The van der Waals surface area contributed by atoms with E-state index in [9.17, 15) is 0 Å². The molecule has 3 heteroatoms. The molecule has 1 aliphatic rings. The molecule has 16 heavy (non-hydrogen) atoms. The summed E-state index contributed by atoms with van der Waals surface area (Å²) in [5.74, 6) is 1.12. The number of rotatable bonds is 3. The van der Waals surface area contributed by atoms with Crippen LogP contribution in [0, 0.1) is 5.92 Å². The van der Waals surface area contributed by atoms with Crippen LogP contribution in [0.25, 0.3) is 0 Å². The average Bonchev–Trinajstić information content (AvgIpc) is 2.33. The Bertz CT molecular complexity index is 315. The first-order valence-electron chi connectivity index (χ1n) is 5.87. The van der Waals surface area contributed by atoms with Crippen molar-refractivity contribution in [1.29, 1.82) is 0 Å². The van der Waals surface area contributed by atoms with E-state index in [-0.39, 0.29) is 6.04 Å². The van der Waals surface area contributed by atoms with Gasteiger partial charge in [0.25, 0.3) is 0 Å². The van der Waals surface area contributed by atoms with E-state index in [1.807, 2.05) is 0 Å². The highest BCUT2D eigenvalue weighted by molar-refractivity contribution is 6.18. The highest BCUT2D eigenvalue weighted by atomic mass is 35.5. The van der Waals surface area contributed by atoms with Gasteiger partial charge < -0.3 is 5.73 Å². The van der Waals surface area contributed by atoms with Gasteiger partial charge in [-0.05, 0) is 18.5 Å². The summed E-state index contributed by atoms with van der Waals surface area (Å²) in [5.41, 5.74) is 7.40. The first-order chi connectivity index (χ1) is 7.79. The molecule has 0 saturated carbocycles. The number of benzene rings is 1. The molecule has 0 spiro atoms.